The number of amides is 1. The molecule has 0 radical (unpaired) electrons. The van der Waals surface area contributed by atoms with Gasteiger partial charge in [0.25, 0.3) is 0 Å². The number of aromatic nitrogens is 1. The standard InChI is InChI=1S/C22H20ClFN2O4/c1-3-13-5-7-15-19(9-13)26(11-16(21(15)28)22(29)30-4-2)12-20(27)25-18-8-6-14(23)10-17(18)24/h5-11H,3-4,12H2,1-2H3,(H,25,27). The van der Waals surface area contributed by atoms with E-state index in [4.69, 9.17) is 16.3 Å². The van der Waals surface area contributed by atoms with Gasteiger partial charge in [-0.3, -0.25) is 9.59 Å². The smallest absolute Gasteiger partial charge is 0.343 e. The summed E-state index contributed by atoms with van der Waals surface area (Å²) >= 11 is 5.73. The van der Waals surface area contributed by atoms with Crippen molar-refractivity contribution < 1.29 is 18.7 Å². The summed E-state index contributed by atoms with van der Waals surface area (Å²) in [6, 6.07) is 9.14. The van der Waals surface area contributed by atoms with Gasteiger partial charge in [-0.1, -0.05) is 24.6 Å². The van der Waals surface area contributed by atoms with E-state index in [1.807, 2.05) is 6.92 Å². The van der Waals surface area contributed by atoms with Crippen molar-refractivity contribution in [1.82, 2.24) is 4.57 Å². The molecule has 0 unspecified atom stereocenters. The molecule has 1 heterocycles. The minimum atomic E-state index is -0.762. The first-order chi connectivity index (χ1) is 14.3. The molecule has 0 aliphatic carbocycles. The van der Waals surface area contributed by atoms with E-state index in [2.05, 4.69) is 5.32 Å². The van der Waals surface area contributed by atoms with E-state index in [0.29, 0.717) is 10.9 Å². The SMILES string of the molecule is CCOC(=O)c1cn(CC(=O)Nc2ccc(Cl)cc2F)c2cc(CC)ccc2c1=O. The number of halogens is 2. The lowest BCUT2D eigenvalue weighted by Gasteiger charge is -2.14. The van der Waals surface area contributed by atoms with Crippen LogP contribution < -0.4 is 10.7 Å². The Labute approximate surface area is 177 Å². The molecular weight excluding hydrogens is 411 g/mol. The Kier molecular flexibility index (Phi) is 6.52. The summed E-state index contributed by atoms with van der Waals surface area (Å²) < 4.78 is 20.5. The van der Waals surface area contributed by atoms with Gasteiger partial charge in [-0.15, -0.1) is 0 Å². The van der Waals surface area contributed by atoms with Crippen LogP contribution >= 0.6 is 11.6 Å². The number of ether oxygens (including phenoxy) is 1. The van der Waals surface area contributed by atoms with Crippen LogP contribution in [0.25, 0.3) is 10.9 Å². The highest BCUT2D eigenvalue weighted by Crippen LogP contribution is 2.20. The Balaban J connectivity index is 2.03. The molecule has 3 aromatic rings. The van der Waals surface area contributed by atoms with Gasteiger partial charge in [-0.05, 0) is 49.2 Å². The maximum atomic E-state index is 14.0. The van der Waals surface area contributed by atoms with E-state index in [-0.39, 0.29) is 29.4 Å². The molecule has 156 valence electrons. The molecule has 0 saturated heterocycles. The minimum Gasteiger partial charge on any atom is -0.462 e. The van der Waals surface area contributed by atoms with Crippen molar-refractivity contribution >= 4 is 40.1 Å². The first kappa shape index (κ1) is 21.5. The normalized spacial score (nSPS) is 10.8. The van der Waals surface area contributed by atoms with Crippen molar-refractivity contribution in [2.45, 2.75) is 26.8 Å². The van der Waals surface area contributed by atoms with Gasteiger partial charge < -0.3 is 14.6 Å². The number of esters is 1. The largest absolute Gasteiger partial charge is 0.462 e. The van der Waals surface area contributed by atoms with E-state index in [9.17, 15) is 18.8 Å². The number of fused-ring (bicyclic) bond motifs is 1. The van der Waals surface area contributed by atoms with Gasteiger partial charge in [0.2, 0.25) is 11.3 Å². The van der Waals surface area contributed by atoms with Crippen LogP contribution in [0.15, 0.2) is 47.4 Å². The van der Waals surface area contributed by atoms with Crippen molar-refractivity contribution in [3.63, 3.8) is 0 Å². The number of carbonyl (C=O) groups is 2. The fraction of sp³-hybridized carbons (Fsp3) is 0.227. The average Bonchev–Trinajstić information content (AvgIpc) is 2.72. The Bertz CT molecular complexity index is 1190. The van der Waals surface area contributed by atoms with Crippen LogP contribution in [0.4, 0.5) is 10.1 Å². The molecule has 8 heteroatoms. The molecule has 0 fully saturated rings. The van der Waals surface area contributed by atoms with E-state index in [1.165, 1.54) is 22.9 Å². The first-order valence-electron chi connectivity index (χ1n) is 9.42. The average molecular weight is 431 g/mol. The molecule has 0 bridgehead atoms. The van der Waals surface area contributed by atoms with Gasteiger partial charge in [-0.2, -0.15) is 0 Å². The summed E-state index contributed by atoms with van der Waals surface area (Å²) in [6.45, 7) is 3.48. The predicted molar refractivity (Wildman–Crippen MR) is 114 cm³/mol. The Morgan fingerprint density at radius 2 is 1.93 bits per heavy atom. The number of benzene rings is 2. The second-order valence-electron chi connectivity index (χ2n) is 6.60. The minimum absolute atomic E-state index is 0.0189. The fourth-order valence-electron chi connectivity index (χ4n) is 3.08. The third-order valence-corrected chi connectivity index (χ3v) is 4.80. The number of carbonyl (C=O) groups excluding carboxylic acids is 2. The van der Waals surface area contributed by atoms with Gasteiger partial charge in [0.15, 0.2) is 0 Å². The van der Waals surface area contributed by atoms with E-state index in [0.717, 1.165) is 18.1 Å². The molecule has 0 aliphatic rings. The number of aryl methyl sites for hydroxylation is 1. The Morgan fingerprint density at radius 1 is 1.17 bits per heavy atom. The molecule has 1 aromatic heterocycles. The quantitative estimate of drug-likeness (QED) is 0.595. The Morgan fingerprint density at radius 3 is 2.60 bits per heavy atom. The molecule has 6 nitrogen and oxygen atoms in total. The second kappa shape index (κ2) is 9.09. The molecule has 0 saturated carbocycles. The summed E-state index contributed by atoms with van der Waals surface area (Å²) in [7, 11) is 0. The molecule has 1 N–H and O–H groups in total. The van der Waals surface area contributed by atoms with Crippen molar-refractivity contribution in [3.8, 4) is 0 Å². The highest BCUT2D eigenvalue weighted by molar-refractivity contribution is 6.30. The summed E-state index contributed by atoms with van der Waals surface area (Å²) in [4.78, 5) is 37.6. The number of hydrogen-bond acceptors (Lipinski definition) is 4. The fourth-order valence-corrected chi connectivity index (χ4v) is 3.24. The van der Waals surface area contributed by atoms with Crippen LogP contribution in [0.5, 0.6) is 0 Å². The van der Waals surface area contributed by atoms with Gasteiger partial charge >= 0.3 is 5.97 Å². The van der Waals surface area contributed by atoms with Crippen molar-refractivity contribution in [1.29, 1.82) is 0 Å². The lowest BCUT2D eigenvalue weighted by atomic mass is 10.1. The van der Waals surface area contributed by atoms with Crippen LogP contribution in [-0.4, -0.2) is 23.1 Å². The van der Waals surface area contributed by atoms with Gasteiger partial charge in [0.1, 0.15) is 17.9 Å². The third kappa shape index (κ3) is 4.52. The summed E-state index contributed by atoms with van der Waals surface area (Å²) in [5.41, 5.74) is 0.808. The maximum absolute atomic E-state index is 14.0. The molecule has 0 aliphatic heterocycles. The topological polar surface area (TPSA) is 77.4 Å². The predicted octanol–water partition coefficient (Wildman–Crippen LogP) is 4.17. The molecule has 1 amide bonds. The van der Waals surface area contributed by atoms with Crippen LogP contribution in [0.1, 0.15) is 29.8 Å². The lowest BCUT2D eigenvalue weighted by Crippen LogP contribution is -2.25. The Hall–Kier alpha value is -3.19. The second-order valence-corrected chi connectivity index (χ2v) is 7.03. The van der Waals surface area contributed by atoms with Crippen LogP contribution in [0.2, 0.25) is 5.02 Å². The third-order valence-electron chi connectivity index (χ3n) is 4.57. The molecule has 0 spiro atoms. The number of hydrogen-bond donors (Lipinski definition) is 1. The summed E-state index contributed by atoms with van der Waals surface area (Å²) in [6.07, 6.45) is 2.03. The maximum Gasteiger partial charge on any atom is 0.343 e. The number of nitrogens with one attached hydrogen (secondary N) is 1. The molecular formula is C22H20ClFN2O4. The van der Waals surface area contributed by atoms with E-state index in [1.54, 1.807) is 25.1 Å². The monoisotopic (exact) mass is 430 g/mol. The number of nitrogens with zero attached hydrogens (tertiary/aromatic N) is 1. The van der Waals surface area contributed by atoms with Crippen molar-refractivity contribution in [2.75, 3.05) is 11.9 Å². The summed E-state index contributed by atoms with van der Waals surface area (Å²) in [5.74, 6) is -1.96. The van der Waals surface area contributed by atoms with Crippen LogP contribution in [0.3, 0.4) is 0 Å². The highest BCUT2D eigenvalue weighted by Gasteiger charge is 2.18. The summed E-state index contributed by atoms with van der Waals surface area (Å²) in [5, 5.41) is 2.99. The zero-order valence-corrected chi connectivity index (χ0v) is 17.3. The van der Waals surface area contributed by atoms with Gasteiger partial charge in [-0.25, -0.2) is 9.18 Å². The lowest BCUT2D eigenvalue weighted by molar-refractivity contribution is -0.116. The van der Waals surface area contributed by atoms with Crippen molar-refractivity contribution in [3.05, 3.63) is 74.8 Å². The number of rotatable bonds is 6. The van der Waals surface area contributed by atoms with Crippen LogP contribution in [0, 0.1) is 5.82 Å². The van der Waals surface area contributed by atoms with E-state index >= 15 is 0 Å². The number of anilines is 1. The van der Waals surface area contributed by atoms with Gasteiger partial charge in [0.05, 0.1) is 17.8 Å². The molecule has 0 atom stereocenters. The zero-order valence-electron chi connectivity index (χ0n) is 16.5. The molecule has 30 heavy (non-hydrogen) atoms. The zero-order chi connectivity index (χ0) is 21.8. The van der Waals surface area contributed by atoms with Crippen molar-refractivity contribution in [2.24, 2.45) is 0 Å². The molecule has 2 aromatic carbocycles. The molecule has 3 rings (SSSR count). The van der Waals surface area contributed by atoms with Gasteiger partial charge in [0, 0.05) is 16.6 Å². The first-order valence-corrected chi connectivity index (χ1v) is 9.80. The van der Waals surface area contributed by atoms with E-state index < -0.39 is 23.1 Å². The number of pyridine rings is 1. The highest BCUT2D eigenvalue weighted by atomic mass is 35.5. The van der Waals surface area contributed by atoms with Crippen LogP contribution in [-0.2, 0) is 22.5 Å².